The van der Waals surface area contributed by atoms with Crippen LogP contribution in [0.15, 0.2) is 23.5 Å². The smallest absolute Gasteiger partial charge is 0.277 e. The lowest BCUT2D eigenvalue weighted by Gasteiger charge is -2.45. The van der Waals surface area contributed by atoms with Gasteiger partial charge in [-0.2, -0.15) is 10.1 Å². The van der Waals surface area contributed by atoms with E-state index in [0.717, 1.165) is 35.4 Å². The van der Waals surface area contributed by atoms with Crippen LogP contribution in [0.5, 0.6) is 0 Å². The molecule has 2 aromatic rings. The van der Waals surface area contributed by atoms with Crippen LogP contribution < -0.4 is 0 Å². The molecule has 5 atom stereocenters. The maximum Gasteiger partial charge on any atom is 0.277 e. The number of aromatic nitrogens is 3. The standard InChI is InChI=1S/C20H23F2N5OS/c1-10-3-8-15(29-10)19(28)26-12-4-6-13(14(26)7-5-12)17-11(2)16(18(21)22)25-20-23-9-24-27(17)20/h3,8-9,11-14,17-18H,4-7H2,1-2H3/t11?,12-,13-,14-,17?/m0/s1. The largest absolute Gasteiger partial charge is 0.332 e. The highest BCUT2D eigenvalue weighted by Gasteiger charge is 2.51. The number of hydrogen-bond acceptors (Lipinski definition) is 5. The van der Waals surface area contributed by atoms with Gasteiger partial charge in [-0.15, -0.1) is 11.3 Å². The maximum atomic E-state index is 13.7. The Labute approximate surface area is 171 Å². The van der Waals surface area contributed by atoms with Gasteiger partial charge in [-0.3, -0.25) is 4.79 Å². The highest BCUT2D eigenvalue weighted by atomic mass is 32.1. The molecule has 29 heavy (non-hydrogen) atoms. The van der Waals surface area contributed by atoms with Gasteiger partial charge in [-0.05, 0) is 44.7 Å². The first kappa shape index (κ1) is 18.8. The number of amides is 1. The molecule has 1 amide bonds. The van der Waals surface area contributed by atoms with Gasteiger partial charge >= 0.3 is 0 Å². The van der Waals surface area contributed by atoms with E-state index >= 15 is 0 Å². The number of alkyl halides is 2. The third-order valence-electron chi connectivity index (χ3n) is 6.77. The summed E-state index contributed by atoms with van der Waals surface area (Å²) in [4.78, 5) is 25.4. The molecule has 9 heteroatoms. The van der Waals surface area contributed by atoms with Crippen molar-refractivity contribution in [1.82, 2.24) is 19.7 Å². The number of halogens is 2. The number of carbonyl (C=O) groups is 1. The molecule has 2 fully saturated rings. The van der Waals surface area contributed by atoms with Crippen molar-refractivity contribution in [3.63, 3.8) is 0 Å². The minimum absolute atomic E-state index is 0.0326. The maximum absolute atomic E-state index is 13.7. The van der Waals surface area contributed by atoms with Crippen molar-refractivity contribution in [2.45, 2.75) is 64.1 Å². The molecule has 3 aliphatic rings. The van der Waals surface area contributed by atoms with Crippen LogP contribution in [-0.2, 0) is 0 Å². The Bertz CT molecular complexity index is 970. The highest BCUT2D eigenvalue weighted by molar-refractivity contribution is 7.13. The molecule has 0 spiro atoms. The Morgan fingerprint density at radius 3 is 2.76 bits per heavy atom. The summed E-state index contributed by atoms with van der Waals surface area (Å²) >= 11 is 1.52. The number of carbonyl (C=O) groups excluding carboxylic acids is 1. The second-order valence-electron chi connectivity index (χ2n) is 8.28. The van der Waals surface area contributed by atoms with Crippen LogP contribution in [0.3, 0.4) is 0 Å². The van der Waals surface area contributed by atoms with Gasteiger partial charge in [0.2, 0.25) is 5.95 Å². The van der Waals surface area contributed by atoms with Crippen LogP contribution >= 0.6 is 11.3 Å². The minimum atomic E-state index is -2.62. The van der Waals surface area contributed by atoms with Gasteiger partial charge in [-0.25, -0.2) is 18.5 Å². The van der Waals surface area contributed by atoms with Gasteiger partial charge in [0.25, 0.3) is 12.3 Å². The molecule has 0 N–H and O–H groups in total. The van der Waals surface area contributed by atoms with Crippen molar-refractivity contribution < 1.29 is 13.6 Å². The third-order valence-corrected chi connectivity index (χ3v) is 7.75. The predicted octanol–water partition coefficient (Wildman–Crippen LogP) is 4.26. The average Bonchev–Trinajstić information content (AvgIpc) is 3.39. The molecule has 2 unspecified atom stereocenters. The fraction of sp³-hybridized carbons (Fsp3) is 0.600. The first-order valence-corrected chi connectivity index (χ1v) is 10.9. The Morgan fingerprint density at radius 2 is 2.03 bits per heavy atom. The number of aryl methyl sites for hydroxylation is 1. The number of aliphatic imine (C=N–C) groups is 1. The van der Waals surface area contributed by atoms with E-state index in [4.69, 9.17) is 0 Å². The van der Waals surface area contributed by atoms with E-state index < -0.39 is 12.3 Å². The fourth-order valence-electron chi connectivity index (χ4n) is 5.52. The summed E-state index contributed by atoms with van der Waals surface area (Å²) < 4.78 is 29.1. The summed E-state index contributed by atoms with van der Waals surface area (Å²) in [7, 11) is 0. The summed E-state index contributed by atoms with van der Waals surface area (Å²) in [5.41, 5.74) is -0.123. The Hall–Kier alpha value is -2.16. The van der Waals surface area contributed by atoms with Crippen molar-refractivity contribution in [3.05, 3.63) is 28.2 Å². The molecule has 2 saturated heterocycles. The molecular weight excluding hydrogens is 396 g/mol. The number of rotatable bonds is 3. The molecule has 3 aliphatic heterocycles. The summed E-state index contributed by atoms with van der Waals surface area (Å²) in [5.74, 6) is -0.0775. The van der Waals surface area contributed by atoms with E-state index in [2.05, 4.69) is 15.1 Å². The first-order valence-electron chi connectivity index (χ1n) is 10.1. The van der Waals surface area contributed by atoms with Gasteiger partial charge in [0.15, 0.2) is 0 Å². The number of fused-ring (bicyclic) bond motifs is 3. The van der Waals surface area contributed by atoms with Crippen molar-refractivity contribution in [2.75, 3.05) is 0 Å². The van der Waals surface area contributed by atoms with Crippen LogP contribution in [0.1, 0.15) is 53.2 Å². The van der Waals surface area contributed by atoms with Gasteiger partial charge in [0.05, 0.1) is 16.6 Å². The summed E-state index contributed by atoms with van der Waals surface area (Å²) in [6, 6.07) is 3.87. The van der Waals surface area contributed by atoms with Gasteiger partial charge < -0.3 is 4.90 Å². The Morgan fingerprint density at radius 1 is 1.24 bits per heavy atom. The quantitative estimate of drug-likeness (QED) is 0.747. The molecule has 0 saturated carbocycles. The van der Waals surface area contributed by atoms with Crippen LogP contribution in [0.25, 0.3) is 0 Å². The monoisotopic (exact) mass is 419 g/mol. The number of nitrogens with zero attached hydrogens (tertiary/aromatic N) is 5. The van der Waals surface area contributed by atoms with E-state index in [1.807, 2.05) is 24.0 Å². The van der Waals surface area contributed by atoms with Crippen LogP contribution in [0, 0.1) is 18.8 Å². The molecule has 2 bridgehead atoms. The lowest BCUT2D eigenvalue weighted by molar-refractivity contribution is 0.0348. The second kappa shape index (κ2) is 6.97. The van der Waals surface area contributed by atoms with Crippen LogP contribution in [0.2, 0.25) is 0 Å². The lowest BCUT2D eigenvalue weighted by atomic mass is 9.77. The third kappa shape index (κ3) is 2.93. The molecule has 6 nitrogen and oxygen atoms in total. The SMILES string of the molecule is Cc1ccc(C(=O)N2[C@H]3CC[C@H](C4C(C)C(C(F)F)=Nc5ncnn54)[C@@H]2CC3)s1. The summed E-state index contributed by atoms with van der Waals surface area (Å²) in [5, 5.41) is 4.32. The Balaban J connectivity index is 1.50. The molecule has 0 radical (unpaired) electrons. The van der Waals surface area contributed by atoms with E-state index in [1.165, 1.54) is 17.7 Å². The van der Waals surface area contributed by atoms with Crippen LogP contribution in [-0.4, -0.2) is 49.8 Å². The zero-order valence-corrected chi connectivity index (χ0v) is 17.1. The fourth-order valence-corrected chi connectivity index (χ4v) is 6.33. The second-order valence-corrected chi connectivity index (χ2v) is 9.57. The van der Waals surface area contributed by atoms with Gasteiger partial charge in [0, 0.05) is 28.8 Å². The first-order chi connectivity index (χ1) is 14.0. The van der Waals surface area contributed by atoms with Crippen molar-refractivity contribution in [3.8, 4) is 0 Å². The lowest BCUT2D eigenvalue weighted by Crippen LogP contribution is -2.52. The van der Waals surface area contributed by atoms with Crippen LogP contribution in [0.4, 0.5) is 14.7 Å². The summed E-state index contributed by atoms with van der Waals surface area (Å²) in [6.45, 7) is 3.80. The predicted molar refractivity (Wildman–Crippen MR) is 106 cm³/mol. The molecular formula is C20H23F2N5OS. The van der Waals surface area contributed by atoms with Gasteiger partial charge in [0.1, 0.15) is 6.33 Å². The molecule has 154 valence electrons. The molecule has 5 heterocycles. The molecule has 0 aromatic carbocycles. The van der Waals surface area contributed by atoms with Crippen molar-refractivity contribution in [1.29, 1.82) is 0 Å². The average molecular weight is 420 g/mol. The van der Waals surface area contributed by atoms with E-state index in [0.29, 0.717) is 0 Å². The van der Waals surface area contributed by atoms with Gasteiger partial charge in [-0.1, -0.05) is 6.92 Å². The van der Waals surface area contributed by atoms with Crippen molar-refractivity contribution in [2.24, 2.45) is 16.8 Å². The normalized spacial score (nSPS) is 31.1. The Kier molecular flexibility index (Phi) is 4.53. The summed E-state index contributed by atoms with van der Waals surface area (Å²) in [6.07, 6.45) is 2.42. The van der Waals surface area contributed by atoms with E-state index in [-0.39, 0.29) is 41.6 Å². The van der Waals surface area contributed by atoms with E-state index in [1.54, 1.807) is 11.6 Å². The molecule has 0 aliphatic carbocycles. The zero-order chi connectivity index (χ0) is 20.3. The van der Waals surface area contributed by atoms with Crippen molar-refractivity contribution >= 4 is 28.9 Å². The minimum Gasteiger partial charge on any atom is -0.332 e. The van der Waals surface area contributed by atoms with E-state index in [9.17, 15) is 13.6 Å². The number of thiophene rings is 1. The number of hydrogen-bond donors (Lipinski definition) is 0. The topological polar surface area (TPSA) is 63.4 Å². The molecule has 2 aromatic heterocycles. The molecule has 5 rings (SSSR count). The highest BCUT2D eigenvalue weighted by Crippen LogP contribution is 2.48. The number of piperidine rings is 1. The zero-order valence-electron chi connectivity index (χ0n) is 16.3.